The van der Waals surface area contributed by atoms with Gasteiger partial charge >= 0.3 is 0 Å². The Labute approximate surface area is 242 Å². The van der Waals surface area contributed by atoms with Crippen molar-refractivity contribution >= 4 is 71.6 Å². The maximum absolute atomic E-state index is 13.1. The van der Waals surface area contributed by atoms with Crippen molar-refractivity contribution in [1.82, 2.24) is 4.90 Å². The first-order valence-corrected chi connectivity index (χ1v) is 14.4. The van der Waals surface area contributed by atoms with Gasteiger partial charge in [0, 0.05) is 4.47 Å². The number of ether oxygens (including phenoxy) is 2. The van der Waals surface area contributed by atoms with Gasteiger partial charge in [0.25, 0.3) is 11.1 Å². The van der Waals surface area contributed by atoms with Gasteiger partial charge in [-0.2, -0.15) is 0 Å². The number of rotatable bonds is 8. The van der Waals surface area contributed by atoms with E-state index in [1.807, 2.05) is 61.5 Å². The predicted octanol–water partition coefficient (Wildman–Crippen LogP) is 8.58. The Morgan fingerprint density at radius 1 is 0.921 bits per heavy atom. The first-order valence-electron chi connectivity index (χ1n) is 12.0. The summed E-state index contributed by atoms with van der Waals surface area (Å²) in [5.41, 5.74) is 2.68. The number of benzene rings is 4. The summed E-state index contributed by atoms with van der Waals surface area (Å²) in [5.74, 6) is 0.830. The van der Waals surface area contributed by atoms with E-state index in [0.717, 1.165) is 43.7 Å². The Bertz CT molecular complexity index is 1550. The van der Waals surface area contributed by atoms with E-state index in [2.05, 4.69) is 56.1 Å². The van der Waals surface area contributed by atoms with E-state index in [4.69, 9.17) is 9.47 Å². The Kier molecular flexibility index (Phi) is 8.21. The van der Waals surface area contributed by atoms with Gasteiger partial charge in [0.15, 0.2) is 11.5 Å². The van der Waals surface area contributed by atoms with Crippen molar-refractivity contribution < 1.29 is 19.1 Å². The van der Waals surface area contributed by atoms with Crippen LogP contribution < -0.4 is 9.47 Å². The molecule has 0 aromatic heterocycles. The number of thioether (sulfide) groups is 1. The average molecular weight is 653 g/mol. The molecule has 2 amide bonds. The van der Waals surface area contributed by atoms with Gasteiger partial charge in [-0.25, -0.2) is 0 Å². The molecule has 0 N–H and O–H groups in total. The van der Waals surface area contributed by atoms with Gasteiger partial charge in [0.05, 0.1) is 22.5 Å². The van der Waals surface area contributed by atoms with Gasteiger partial charge in [-0.05, 0) is 92.4 Å². The van der Waals surface area contributed by atoms with Gasteiger partial charge in [0.2, 0.25) is 0 Å². The van der Waals surface area contributed by atoms with Crippen molar-refractivity contribution in [2.24, 2.45) is 0 Å². The highest BCUT2D eigenvalue weighted by molar-refractivity contribution is 9.10. The Hall–Kier alpha value is -3.07. The van der Waals surface area contributed by atoms with Crippen LogP contribution in [0.25, 0.3) is 16.8 Å². The monoisotopic (exact) mass is 651 g/mol. The minimum Gasteiger partial charge on any atom is -0.490 e. The number of hydrogen-bond donors (Lipinski definition) is 0. The van der Waals surface area contributed by atoms with Gasteiger partial charge in [-0.3, -0.25) is 14.5 Å². The van der Waals surface area contributed by atoms with Crippen molar-refractivity contribution in [3.63, 3.8) is 0 Å². The standard InChI is InChI=1S/C30H23Br2NO4S/c1-2-36-26-15-20(16-27-29(34)33(30(35)38-27)17-19-10-12-23(31)13-11-19)14-25(32)28(26)37-18-22-8-5-7-21-6-3-4-9-24(21)22/h3-16H,2,17-18H2,1H3/b27-16-. The summed E-state index contributed by atoms with van der Waals surface area (Å²) < 4.78 is 13.8. The number of nitrogens with zero attached hydrogens (tertiary/aromatic N) is 1. The number of amides is 2. The molecule has 0 bridgehead atoms. The molecule has 1 heterocycles. The van der Waals surface area contributed by atoms with E-state index in [1.54, 1.807) is 6.08 Å². The summed E-state index contributed by atoms with van der Waals surface area (Å²) in [5, 5.41) is 2.00. The number of hydrogen-bond acceptors (Lipinski definition) is 5. The summed E-state index contributed by atoms with van der Waals surface area (Å²) in [6.07, 6.45) is 1.72. The molecule has 0 saturated carbocycles. The largest absolute Gasteiger partial charge is 0.490 e. The molecule has 5 nitrogen and oxygen atoms in total. The second-order valence-corrected chi connectivity index (χ2v) is 11.3. The van der Waals surface area contributed by atoms with Crippen LogP contribution in [0.2, 0.25) is 0 Å². The zero-order valence-electron chi connectivity index (χ0n) is 20.4. The smallest absolute Gasteiger partial charge is 0.293 e. The van der Waals surface area contributed by atoms with Gasteiger partial charge in [-0.15, -0.1) is 0 Å². The zero-order chi connectivity index (χ0) is 26.6. The molecule has 0 spiro atoms. The van der Waals surface area contributed by atoms with Crippen molar-refractivity contribution in [3.8, 4) is 11.5 Å². The maximum atomic E-state index is 13.1. The molecule has 4 aromatic carbocycles. The molecule has 0 atom stereocenters. The third kappa shape index (κ3) is 5.82. The molecule has 1 saturated heterocycles. The first kappa shape index (κ1) is 26.5. The van der Waals surface area contributed by atoms with Crippen LogP contribution in [0.4, 0.5) is 4.79 Å². The quantitative estimate of drug-likeness (QED) is 0.179. The van der Waals surface area contributed by atoms with Crippen LogP contribution in [0.5, 0.6) is 11.5 Å². The van der Waals surface area contributed by atoms with Gasteiger partial charge in [-0.1, -0.05) is 70.5 Å². The molecular formula is C30H23Br2NO4S. The molecule has 1 aliphatic rings. The first-order chi connectivity index (χ1) is 18.4. The lowest BCUT2D eigenvalue weighted by atomic mass is 10.1. The van der Waals surface area contributed by atoms with E-state index >= 15 is 0 Å². The second-order valence-electron chi connectivity index (χ2n) is 8.58. The molecule has 1 fully saturated rings. The Morgan fingerprint density at radius 2 is 1.68 bits per heavy atom. The Balaban J connectivity index is 1.38. The zero-order valence-corrected chi connectivity index (χ0v) is 24.4. The van der Waals surface area contributed by atoms with Crippen LogP contribution in [0.3, 0.4) is 0 Å². The molecule has 4 aromatic rings. The van der Waals surface area contributed by atoms with Gasteiger partial charge < -0.3 is 9.47 Å². The lowest BCUT2D eigenvalue weighted by Crippen LogP contribution is -2.27. The fourth-order valence-electron chi connectivity index (χ4n) is 4.20. The normalized spacial score (nSPS) is 14.5. The lowest BCUT2D eigenvalue weighted by molar-refractivity contribution is -0.123. The van der Waals surface area contributed by atoms with Crippen molar-refractivity contribution in [1.29, 1.82) is 0 Å². The summed E-state index contributed by atoms with van der Waals surface area (Å²) >= 11 is 7.96. The van der Waals surface area contributed by atoms with Gasteiger partial charge in [0.1, 0.15) is 6.61 Å². The number of fused-ring (bicyclic) bond motifs is 1. The number of imide groups is 1. The maximum Gasteiger partial charge on any atom is 0.293 e. The molecule has 0 unspecified atom stereocenters. The second kappa shape index (κ2) is 11.8. The minimum absolute atomic E-state index is 0.226. The number of carbonyl (C=O) groups is 2. The molecular weight excluding hydrogens is 630 g/mol. The van der Waals surface area contributed by atoms with E-state index in [0.29, 0.717) is 34.1 Å². The van der Waals surface area contributed by atoms with Crippen LogP contribution in [0.15, 0.2) is 92.7 Å². The molecule has 0 radical (unpaired) electrons. The number of halogens is 2. The lowest BCUT2D eigenvalue weighted by Gasteiger charge is -2.16. The van der Waals surface area contributed by atoms with Crippen LogP contribution in [-0.2, 0) is 17.9 Å². The third-order valence-corrected chi connectivity index (χ3v) is 8.03. The average Bonchev–Trinajstić information content (AvgIpc) is 3.17. The highest BCUT2D eigenvalue weighted by Gasteiger charge is 2.35. The molecule has 1 aliphatic heterocycles. The Morgan fingerprint density at radius 3 is 2.47 bits per heavy atom. The molecule has 192 valence electrons. The van der Waals surface area contributed by atoms with Crippen LogP contribution in [0.1, 0.15) is 23.6 Å². The minimum atomic E-state index is -0.312. The van der Waals surface area contributed by atoms with E-state index in [9.17, 15) is 9.59 Å². The van der Waals surface area contributed by atoms with E-state index in [1.165, 1.54) is 4.90 Å². The molecule has 8 heteroatoms. The van der Waals surface area contributed by atoms with Crippen molar-refractivity contribution in [2.75, 3.05) is 6.61 Å². The number of carbonyl (C=O) groups excluding carboxylic acids is 2. The summed E-state index contributed by atoms with van der Waals surface area (Å²) in [6.45, 7) is 2.95. The van der Waals surface area contributed by atoms with Crippen molar-refractivity contribution in [3.05, 3.63) is 109 Å². The summed E-state index contributed by atoms with van der Waals surface area (Å²) in [7, 11) is 0. The predicted molar refractivity (Wildman–Crippen MR) is 159 cm³/mol. The molecule has 5 rings (SSSR count). The highest BCUT2D eigenvalue weighted by atomic mass is 79.9. The fraction of sp³-hybridized carbons (Fsp3) is 0.133. The van der Waals surface area contributed by atoms with Crippen LogP contribution >= 0.6 is 43.6 Å². The molecule has 0 aliphatic carbocycles. The van der Waals surface area contributed by atoms with Crippen molar-refractivity contribution in [2.45, 2.75) is 20.1 Å². The highest BCUT2D eigenvalue weighted by Crippen LogP contribution is 2.40. The fourth-order valence-corrected chi connectivity index (χ4v) is 5.88. The summed E-state index contributed by atoms with van der Waals surface area (Å²) in [6, 6.07) is 25.6. The molecule has 38 heavy (non-hydrogen) atoms. The van der Waals surface area contributed by atoms with Crippen LogP contribution in [-0.4, -0.2) is 22.7 Å². The topological polar surface area (TPSA) is 55.8 Å². The summed E-state index contributed by atoms with van der Waals surface area (Å²) in [4.78, 5) is 27.3. The van der Waals surface area contributed by atoms with E-state index in [-0.39, 0.29) is 17.7 Å². The van der Waals surface area contributed by atoms with E-state index < -0.39 is 0 Å². The third-order valence-electron chi connectivity index (χ3n) is 6.01. The van der Waals surface area contributed by atoms with Crippen LogP contribution in [0, 0.1) is 0 Å². The SMILES string of the molecule is CCOc1cc(/C=C2\SC(=O)N(Cc3ccc(Br)cc3)C2=O)cc(Br)c1OCc1cccc2ccccc12.